The molecule has 0 radical (unpaired) electrons. The van der Waals surface area contributed by atoms with Crippen LogP contribution in [0.25, 0.3) is 0 Å². The van der Waals surface area contributed by atoms with Crippen LogP contribution < -0.4 is 0 Å². The van der Waals surface area contributed by atoms with Crippen LogP contribution in [0.1, 0.15) is 56.5 Å². The second-order valence-electron chi connectivity index (χ2n) is 6.55. The van der Waals surface area contributed by atoms with Crippen molar-refractivity contribution in [3.8, 4) is 0 Å². The average molecular weight is 297 g/mol. The largest absolute Gasteiger partial charge is 0.0626 e. The molecular formula is C22H28. The fourth-order valence-corrected chi connectivity index (χ4v) is 3.57. The zero-order chi connectivity index (χ0) is 19.4. The summed E-state index contributed by atoms with van der Waals surface area (Å²) >= 11 is 0. The van der Waals surface area contributed by atoms with Gasteiger partial charge in [-0.3, -0.25) is 0 Å². The number of aryl methyl sites for hydroxylation is 1. The third-order valence-corrected chi connectivity index (χ3v) is 5.00. The first-order valence-electron chi connectivity index (χ1n) is 11.1. The van der Waals surface area contributed by atoms with Gasteiger partial charge in [-0.05, 0) is 48.6 Å². The first kappa shape index (κ1) is 10.3. The molecule has 2 aromatic carbocycles. The molecule has 1 saturated carbocycles. The lowest BCUT2D eigenvalue weighted by Gasteiger charge is -2.28. The smallest absolute Gasteiger partial charge is 0.0622 e. The van der Waals surface area contributed by atoms with Crippen LogP contribution in [0.4, 0.5) is 0 Å². The minimum absolute atomic E-state index is 0.0300. The Bertz CT molecular complexity index is 735. The normalized spacial score (nSPS) is 24.8. The predicted octanol–water partition coefficient (Wildman–Crippen LogP) is 6.06. The van der Waals surface area contributed by atoms with E-state index in [0.29, 0.717) is 17.9 Å². The van der Waals surface area contributed by atoms with Crippen molar-refractivity contribution in [3.05, 3.63) is 71.7 Å². The van der Waals surface area contributed by atoms with Gasteiger partial charge >= 0.3 is 0 Å². The van der Waals surface area contributed by atoms with Crippen molar-refractivity contribution in [2.75, 3.05) is 0 Å². The lowest BCUT2D eigenvalue weighted by Crippen LogP contribution is -2.15. The van der Waals surface area contributed by atoms with Crippen LogP contribution in [0, 0.1) is 11.8 Å². The molecule has 0 atom stereocenters. The van der Waals surface area contributed by atoms with Crippen LogP contribution >= 0.6 is 0 Å². The second kappa shape index (κ2) is 8.17. The van der Waals surface area contributed by atoms with E-state index in [1.165, 1.54) is 37.7 Å². The van der Waals surface area contributed by atoms with Gasteiger partial charge in [0.15, 0.2) is 0 Å². The molecule has 0 aliphatic heterocycles. The minimum Gasteiger partial charge on any atom is -0.0622 e. The Morgan fingerprint density at radius 1 is 0.727 bits per heavy atom. The van der Waals surface area contributed by atoms with Crippen molar-refractivity contribution < 1.29 is 6.85 Å². The van der Waals surface area contributed by atoms with Crippen molar-refractivity contribution in [2.45, 2.75) is 51.4 Å². The Labute approximate surface area is 142 Å². The van der Waals surface area contributed by atoms with Crippen LogP contribution in [-0.2, 0) is 12.8 Å². The topological polar surface area (TPSA) is 0 Å². The van der Waals surface area contributed by atoms with Gasteiger partial charge in [-0.1, -0.05) is 86.2 Å². The Hall–Kier alpha value is -1.56. The third-order valence-electron chi connectivity index (χ3n) is 5.00. The zero-order valence-corrected chi connectivity index (χ0v) is 13.2. The summed E-state index contributed by atoms with van der Waals surface area (Å²) < 4.78 is 39.4. The van der Waals surface area contributed by atoms with Crippen LogP contribution in [0.3, 0.4) is 0 Å². The maximum Gasteiger partial charge on any atom is 0.0626 e. The van der Waals surface area contributed by atoms with Crippen LogP contribution in [0.2, 0.25) is 0 Å². The number of rotatable bonds is 6. The Morgan fingerprint density at radius 3 is 1.86 bits per heavy atom. The molecule has 0 nitrogen and oxygen atoms in total. The summed E-state index contributed by atoms with van der Waals surface area (Å²) in [7, 11) is 0. The van der Waals surface area contributed by atoms with Gasteiger partial charge in [0.25, 0.3) is 0 Å². The third kappa shape index (κ3) is 4.73. The lowest BCUT2D eigenvalue weighted by molar-refractivity contribution is 0.253. The quantitative estimate of drug-likeness (QED) is 0.608. The molecular weight excluding hydrogens is 264 g/mol. The molecule has 3 rings (SSSR count). The summed E-state index contributed by atoms with van der Waals surface area (Å²) in [5.41, 5.74) is 1.90. The molecule has 0 spiro atoms. The number of hydrogen-bond acceptors (Lipinski definition) is 0. The molecule has 22 heavy (non-hydrogen) atoms. The van der Waals surface area contributed by atoms with Crippen molar-refractivity contribution >= 4 is 0 Å². The summed E-state index contributed by atoms with van der Waals surface area (Å²) in [4.78, 5) is 0. The summed E-state index contributed by atoms with van der Waals surface area (Å²) in [5.74, 6) is 1.40. The maximum absolute atomic E-state index is 8.05. The van der Waals surface area contributed by atoms with Crippen molar-refractivity contribution in [1.29, 1.82) is 0 Å². The Morgan fingerprint density at radius 2 is 1.27 bits per heavy atom. The van der Waals surface area contributed by atoms with Crippen LogP contribution in [0.5, 0.6) is 0 Å². The molecule has 1 aliphatic carbocycles. The fraction of sp³-hybridized carbons (Fsp3) is 0.455. The monoisotopic (exact) mass is 297 g/mol. The van der Waals surface area contributed by atoms with Gasteiger partial charge in [-0.25, -0.2) is 0 Å². The molecule has 1 fully saturated rings. The van der Waals surface area contributed by atoms with Gasteiger partial charge in [0.05, 0.1) is 6.85 Å². The Kier molecular flexibility index (Phi) is 3.81. The minimum atomic E-state index is -0.298. The van der Waals surface area contributed by atoms with Gasteiger partial charge < -0.3 is 0 Å². The molecule has 0 unspecified atom stereocenters. The van der Waals surface area contributed by atoms with Crippen LogP contribution in [0.15, 0.2) is 60.5 Å². The highest BCUT2D eigenvalue weighted by molar-refractivity contribution is 5.15. The van der Waals surface area contributed by atoms with Gasteiger partial charge in [0.2, 0.25) is 0 Å². The summed E-state index contributed by atoms with van der Waals surface area (Å²) in [6.45, 7) is 0. The van der Waals surface area contributed by atoms with Crippen molar-refractivity contribution in [2.24, 2.45) is 11.8 Å². The molecule has 1 aliphatic rings. The molecule has 2 aromatic rings. The first-order valence-corrected chi connectivity index (χ1v) is 8.57. The van der Waals surface area contributed by atoms with Gasteiger partial charge in [0, 0.05) is 0 Å². The lowest BCUT2D eigenvalue weighted by atomic mass is 9.77. The van der Waals surface area contributed by atoms with E-state index >= 15 is 0 Å². The SMILES string of the molecule is [2H]c1c([2H])c([2H])c(CCC2CCC(CCc3ccccc3)CC2)c([2H])c1[2H]. The molecule has 0 N–H and O–H groups in total. The van der Waals surface area contributed by atoms with E-state index in [1.54, 1.807) is 0 Å². The van der Waals surface area contributed by atoms with Gasteiger partial charge in [-0.2, -0.15) is 0 Å². The number of hydrogen-bond donors (Lipinski definition) is 0. The number of benzene rings is 2. The van der Waals surface area contributed by atoms with Crippen LogP contribution in [-0.4, -0.2) is 0 Å². The van der Waals surface area contributed by atoms with Gasteiger partial charge in [0.1, 0.15) is 0 Å². The van der Waals surface area contributed by atoms with E-state index in [0.717, 1.165) is 18.8 Å². The molecule has 0 bridgehead atoms. The highest BCUT2D eigenvalue weighted by Gasteiger charge is 2.20. The average Bonchev–Trinajstić information content (AvgIpc) is 2.71. The molecule has 0 heteroatoms. The summed E-state index contributed by atoms with van der Waals surface area (Å²) in [5, 5.41) is 0. The van der Waals surface area contributed by atoms with E-state index in [-0.39, 0.29) is 30.2 Å². The molecule has 116 valence electrons. The highest BCUT2D eigenvalue weighted by Crippen LogP contribution is 2.33. The molecule has 0 amide bonds. The predicted molar refractivity (Wildman–Crippen MR) is 95.0 cm³/mol. The zero-order valence-electron chi connectivity index (χ0n) is 18.2. The first-order chi connectivity index (χ1) is 13.0. The molecule has 0 heterocycles. The van der Waals surface area contributed by atoms with E-state index in [9.17, 15) is 0 Å². The molecule has 0 saturated heterocycles. The second-order valence-corrected chi connectivity index (χ2v) is 6.55. The Balaban J connectivity index is 1.49. The van der Waals surface area contributed by atoms with E-state index in [2.05, 4.69) is 30.3 Å². The summed E-state index contributed by atoms with van der Waals surface area (Å²) in [6.07, 6.45) is 8.78. The van der Waals surface area contributed by atoms with Gasteiger partial charge in [-0.15, -0.1) is 0 Å². The van der Waals surface area contributed by atoms with E-state index in [4.69, 9.17) is 6.85 Å². The van der Waals surface area contributed by atoms with E-state index in [1.807, 2.05) is 0 Å². The fourth-order valence-electron chi connectivity index (χ4n) is 3.57. The molecule has 0 aromatic heterocycles. The van der Waals surface area contributed by atoms with Crippen molar-refractivity contribution in [1.82, 2.24) is 0 Å². The maximum atomic E-state index is 8.05. The highest BCUT2D eigenvalue weighted by atomic mass is 14.3. The standard InChI is InChI=1S/C22H28/c1-3-7-19(8-4-1)11-13-21-15-17-22(18-16-21)14-12-20-9-5-2-6-10-20/h1-10,21-22H,11-18H2/i1D,3D,4D,7D,8D. The van der Waals surface area contributed by atoms with E-state index < -0.39 is 0 Å². The summed E-state index contributed by atoms with van der Waals surface area (Å²) in [6, 6.07) is 9.88. The van der Waals surface area contributed by atoms with Crippen molar-refractivity contribution in [3.63, 3.8) is 0 Å².